The van der Waals surface area contributed by atoms with Gasteiger partial charge in [0.1, 0.15) is 17.3 Å². The largest absolute Gasteiger partial charge is 0.495 e. The van der Waals surface area contributed by atoms with Gasteiger partial charge in [0.25, 0.3) is 5.91 Å². The van der Waals surface area contributed by atoms with E-state index in [9.17, 15) is 9.18 Å². The van der Waals surface area contributed by atoms with Gasteiger partial charge in [-0.2, -0.15) is 0 Å². The predicted octanol–water partition coefficient (Wildman–Crippen LogP) is 4.96. The monoisotopic (exact) mass is 365 g/mol. The molecule has 0 fully saturated rings. The molecule has 0 saturated carbocycles. The number of rotatable bonds is 4. The molecule has 2 aromatic carbocycles. The third-order valence-corrected chi connectivity index (χ3v) is 4.85. The minimum atomic E-state index is -0.363. The van der Waals surface area contributed by atoms with Crippen LogP contribution in [0.3, 0.4) is 0 Å². The molecule has 0 radical (unpaired) electrons. The van der Waals surface area contributed by atoms with E-state index in [1.54, 1.807) is 24.3 Å². The van der Waals surface area contributed by atoms with Gasteiger partial charge < -0.3 is 14.8 Å². The van der Waals surface area contributed by atoms with Crippen LogP contribution in [0.25, 0.3) is 10.1 Å². The smallest absolute Gasteiger partial charge is 0.265 e. The second-order valence-electron chi connectivity index (χ2n) is 4.90. The molecule has 0 atom stereocenters. The first-order chi connectivity index (χ1) is 11.5. The molecule has 1 amide bonds. The van der Waals surface area contributed by atoms with E-state index >= 15 is 0 Å². The van der Waals surface area contributed by atoms with Crippen LogP contribution in [0, 0.1) is 5.82 Å². The van der Waals surface area contributed by atoms with E-state index in [0.717, 1.165) is 0 Å². The number of thiophene rings is 1. The number of hydrogen-bond acceptors (Lipinski definition) is 4. The van der Waals surface area contributed by atoms with Gasteiger partial charge in [-0.1, -0.05) is 17.7 Å². The number of halogens is 2. The molecule has 0 bridgehead atoms. The first kappa shape index (κ1) is 16.5. The first-order valence-corrected chi connectivity index (χ1v) is 8.14. The zero-order valence-electron chi connectivity index (χ0n) is 12.9. The SMILES string of the molecule is COc1cc(NC(=O)c2cc3c(F)cccc3s2)c(OC)cc1Cl. The van der Waals surface area contributed by atoms with Crippen LogP contribution in [0.15, 0.2) is 36.4 Å². The molecule has 7 heteroatoms. The molecule has 24 heavy (non-hydrogen) atoms. The summed E-state index contributed by atoms with van der Waals surface area (Å²) in [6.45, 7) is 0. The summed E-state index contributed by atoms with van der Waals surface area (Å²) in [6, 6.07) is 9.41. The highest BCUT2D eigenvalue weighted by atomic mass is 35.5. The average Bonchev–Trinajstić information content (AvgIpc) is 3.01. The Bertz CT molecular complexity index is 926. The number of hydrogen-bond donors (Lipinski definition) is 1. The van der Waals surface area contributed by atoms with Crippen LogP contribution in [-0.2, 0) is 0 Å². The van der Waals surface area contributed by atoms with Crippen molar-refractivity contribution in [2.45, 2.75) is 0 Å². The van der Waals surface area contributed by atoms with Crippen molar-refractivity contribution >= 4 is 44.6 Å². The lowest BCUT2D eigenvalue weighted by atomic mass is 10.2. The van der Waals surface area contributed by atoms with Crippen LogP contribution in [0.2, 0.25) is 5.02 Å². The van der Waals surface area contributed by atoms with Crippen molar-refractivity contribution in [1.29, 1.82) is 0 Å². The van der Waals surface area contributed by atoms with Gasteiger partial charge in [-0.15, -0.1) is 11.3 Å². The topological polar surface area (TPSA) is 47.6 Å². The van der Waals surface area contributed by atoms with Crippen molar-refractivity contribution in [3.8, 4) is 11.5 Å². The van der Waals surface area contributed by atoms with Crippen molar-refractivity contribution in [1.82, 2.24) is 0 Å². The lowest BCUT2D eigenvalue weighted by molar-refractivity contribution is 0.103. The molecule has 0 aliphatic carbocycles. The molecule has 4 nitrogen and oxygen atoms in total. The number of anilines is 1. The maximum atomic E-state index is 13.8. The fourth-order valence-electron chi connectivity index (χ4n) is 2.28. The van der Waals surface area contributed by atoms with E-state index < -0.39 is 0 Å². The van der Waals surface area contributed by atoms with Crippen LogP contribution in [0.1, 0.15) is 9.67 Å². The molecule has 3 aromatic rings. The van der Waals surface area contributed by atoms with Crippen molar-refractivity contribution < 1.29 is 18.7 Å². The van der Waals surface area contributed by atoms with Gasteiger partial charge in [0.15, 0.2) is 0 Å². The maximum Gasteiger partial charge on any atom is 0.265 e. The van der Waals surface area contributed by atoms with E-state index in [1.165, 1.54) is 37.7 Å². The molecule has 3 rings (SSSR count). The summed E-state index contributed by atoms with van der Waals surface area (Å²) >= 11 is 7.26. The number of nitrogens with one attached hydrogen (secondary N) is 1. The lowest BCUT2D eigenvalue weighted by Crippen LogP contribution is -2.11. The summed E-state index contributed by atoms with van der Waals surface area (Å²) in [6.07, 6.45) is 0. The molecule has 0 unspecified atom stereocenters. The number of carbonyl (C=O) groups is 1. The highest BCUT2D eigenvalue weighted by Crippen LogP contribution is 2.36. The third kappa shape index (κ3) is 3.02. The van der Waals surface area contributed by atoms with Gasteiger partial charge in [-0.3, -0.25) is 4.79 Å². The Kier molecular flexibility index (Phi) is 4.59. The Balaban J connectivity index is 1.95. The number of amides is 1. The zero-order chi connectivity index (χ0) is 17.3. The molecule has 1 aromatic heterocycles. The quantitative estimate of drug-likeness (QED) is 0.710. The van der Waals surface area contributed by atoms with Gasteiger partial charge in [0, 0.05) is 22.2 Å². The number of carbonyl (C=O) groups excluding carboxylic acids is 1. The summed E-state index contributed by atoms with van der Waals surface area (Å²) in [5.74, 6) is 0.100. The van der Waals surface area contributed by atoms with E-state index in [2.05, 4.69) is 5.32 Å². The van der Waals surface area contributed by atoms with E-state index in [-0.39, 0.29) is 11.7 Å². The number of ether oxygens (including phenoxy) is 2. The highest BCUT2D eigenvalue weighted by Gasteiger charge is 2.16. The van der Waals surface area contributed by atoms with Gasteiger partial charge in [0.05, 0.1) is 29.8 Å². The zero-order valence-corrected chi connectivity index (χ0v) is 14.4. The van der Waals surface area contributed by atoms with E-state index in [0.29, 0.717) is 37.2 Å². The molecule has 0 aliphatic heterocycles. The molecular formula is C17H13ClFNO3S. The van der Waals surface area contributed by atoms with Crippen LogP contribution < -0.4 is 14.8 Å². The average molecular weight is 366 g/mol. The second kappa shape index (κ2) is 6.67. The molecule has 0 spiro atoms. The normalized spacial score (nSPS) is 10.7. The first-order valence-electron chi connectivity index (χ1n) is 6.94. The Hall–Kier alpha value is -2.31. The molecule has 124 valence electrons. The van der Waals surface area contributed by atoms with Crippen molar-refractivity contribution in [2.75, 3.05) is 19.5 Å². The van der Waals surface area contributed by atoms with Crippen molar-refractivity contribution in [3.05, 3.63) is 52.1 Å². The van der Waals surface area contributed by atoms with Crippen LogP contribution in [0.5, 0.6) is 11.5 Å². The molecule has 1 heterocycles. The van der Waals surface area contributed by atoms with Gasteiger partial charge in [0.2, 0.25) is 0 Å². The van der Waals surface area contributed by atoms with Crippen molar-refractivity contribution in [2.24, 2.45) is 0 Å². The van der Waals surface area contributed by atoms with Crippen LogP contribution in [-0.4, -0.2) is 20.1 Å². The standard InChI is InChI=1S/C17H13ClFNO3S/c1-22-13-8-12(14(23-2)7-10(13)18)20-17(21)16-6-9-11(19)4-3-5-15(9)24-16/h3-8H,1-2H3,(H,20,21). The summed E-state index contributed by atoms with van der Waals surface area (Å²) in [4.78, 5) is 12.9. The molecule has 1 N–H and O–H groups in total. The Labute approximate surface area is 146 Å². The Morgan fingerprint density at radius 3 is 2.58 bits per heavy atom. The van der Waals surface area contributed by atoms with Crippen molar-refractivity contribution in [3.63, 3.8) is 0 Å². The predicted molar refractivity (Wildman–Crippen MR) is 94.3 cm³/mol. The van der Waals surface area contributed by atoms with E-state index in [4.69, 9.17) is 21.1 Å². The number of methoxy groups -OCH3 is 2. The molecule has 0 saturated heterocycles. The minimum Gasteiger partial charge on any atom is -0.495 e. The molecule has 0 aliphatic rings. The van der Waals surface area contributed by atoms with Gasteiger partial charge in [-0.25, -0.2) is 4.39 Å². The fourth-order valence-corrected chi connectivity index (χ4v) is 3.48. The van der Waals surface area contributed by atoms with Crippen LogP contribution >= 0.6 is 22.9 Å². The summed E-state index contributed by atoms with van der Waals surface area (Å²) < 4.78 is 24.9. The third-order valence-electron chi connectivity index (χ3n) is 3.45. The number of benzene rings is 2. The number of fused-ring (bicyclic) bond motifs is 1. The summed E-state index contributed by atoms with van der Waals surface area (Å²) in [7, 11) is 2.96. The molecular weight excluding hydrogens is 353 g/mol. The Morgan fingerprint density at radius 1 is 1.17 bits per heavy atom. The van der Waals surface area contributed by atoms with Gasteiger partial charge >= 0.3 is 0 Å². The maximum absolute atomic E-state index is 13.8. The summed E-state index contributed by atoms with van der Waals surface area (Å²) in [5.41, 5.74) is 0.418. The van der Waals surface area contributed by atoms with Gasteiger partial charge in [-0.05, 0) is 18.2 Å². The minimum absolute atomic E-state index is 0.353. The Morgan fingerprint density at radius 2 is 1.92 bits per heavy atom. The van der Waals surface area contributed by atoms with Crippen LogP contribution in [0.4, 0.5) is 10.1 Å². The van der Waals surface area contributed by atoms with E-state index in [1.807, 2.05) is 0 Å². The second-order valence-corrected chi connectivity index (χ2v) is 6.39. The highest BCUT2D eigenvalue weighted by molar-refractivity contribution is 7.20. The fraction of sp³-hybridized carbons (Fsp3) is 0.118. The summed E-state index contributed by atoms with van der Waals surface area (Å²) in [5, 5.41) is 3.54. The lowest BCUT2D eigenvalue weighted by Gasteiger charge is -2.12.